The Morgan fingerprint density at radius 2 is 2.29 bits per heavy atom. The fourth-order valence-electron chi connectivity index (χ4n) is 2.09. The van der Waals surface area contributed by atoms with Crippen LogP contribution in [-0.2, 0) is 11.3 Å². The first-order chi connectivity index (χ1) is 8.29. The number of hydrogen-bond acceptors (Lipinski definition) is 3. The van der Waals surface area contributed by atoms with Crippen molar-refractivity contribution in [3.8, 4) is 5.75 Å². The third-order valence-electron chi connectivity index (χ3n) is 3.09. The Hall–Kier alpha value is -1.06. The lowest BCUT2D eigenvalue weighted by atomic mass is 10.1. The van der Waals surface area contributed by atoms with Crippen molar-refractivity contribution < 1.29 is 14.6 Å². The van der Waals surface area contributed by atoms with Crippen molar-refractivity contribution in [1.29, 1.82) is 0 Å². The molecule has 1 saturated heterocycles. The van der Waals surface area contributed by atoms with Crippen LogP contribution in [0, 0.1) is 6.92 Å². The summed E-state index contributed by atoms with van der Waals surface area (Å²) in [6.45, 7) is 3.45. The Bertz CT molecular complexity index is 356. The Morgan fingerprint density at radius 3 is 3.00 bits per heavy atom. The lowest BCUT2D eigenvalue weighted by molar-refractivity contribution is -0.0114. The average molecular weight is 236 g/mol. The molecule has 17 heavy (non-hydrogen) atoms. The minimum Gasteiger partial charge on any atom is -0.491 e. The van der Waals surface area contributed by atoms with Gasteiger partial charge in [0.25, 0.3) is 0 Å². The van der Waals surface area contributed by atoms with Crippen LogP contribution in [0.3, 0.4) is 0 Å². The van der Waals surface area contributed by atoms with E-state index in [0.29, 0.717) is 6.61 Å². The van der Waals surface area contributed by atoms with Gasteiger partial charge in [-0.25, -0.2) is 0 Å². The second kappa shape index (κ2) is 6.03. The minimum absolute atomic E-state index is 0.0164. The maximum Gasteiger partial charge on any atom is 0.124 e. The van der Waals surface area contributed by atoms with E-state index in [1.54, 1.807) is 0 Å². The van der Waals surface area contributed by atoms with Crippen molar-refractivity contribution in [2.75, 3.05) is 13.2 Å². The van der Waals surface area contributed by atoms with E-state index in [-0.39, 0.29) is 12.7 Å². The summed E-state index contributed by atoms with van der Waals surface area (Å²) in [6.07, 6.45) is 3.65. The number of benzene rings is 1. The van der Waals surface area contributed by atoms with Crippen molar-refractivity contribution in [1.82, 2.24) is 0 Å². The molecule has 0 aromatic heterocycles. The van der Waals surface area contributed by atoms with Gasteiger partial charge in [0.1, 0.15) is 12.4 Å². The molecular weight excluding hydrogens is 216 g/mol. The summed E-state index contributed by atoms with van der Waals surface area (Å²) in [5, 5.41) is 9.27. The van der Waals surface area contributed by atoms with Gasteiger partial charge in [0, 0.05) is 12.2 Å². The first-order valence-corrected chi connectivity index (χ1v) is 6.24. The lowest BCUT2D eigenvalue weighted by Crippen LogP contribution is -2.26. The molecule has 0 amide bonds. The Balaban J connectivity index is 1.93. The molecule has 1 fully saturated rings. The van der Waals surface area contributed by atoms with Crippen molar-refractivity contribution in [3.63, 3.8) is 0 Å². The summed E-state index contributed by atoms with van der Waals surface area (Å²) in [5.74, 6) is 0.771. The molecular formula is C14H20O3. The van der Waals surface area contributed by atoms with E-state index in [9.17, 15) is 5.11 Å². The van der Waals surface area contributed by atoms with Gasteiger partial charge in [-0.15, -0.1) is 0 Å². The van der Waals surface area contributed by atoms with Gasteiger partial charge in [-0.1, -0.05) is 17.7 Å². The highest BCUT2D eigenvalue weighted by molar-refractivity contribution is 5.36. The quantitative estimate of drug-likeness (QED) is 0.872. The molecule has 0 bridgehead atoms. The van der Waals surface area contributed by atoms with E-state index >= 15 is 0 Å². The van der Waals surface area contributed by atoms with Gasteiger partial charge in [-0.2, -0.15) is 0 Å². The molecule has 1 aliphatic heterocycles. The number of aliphatic hydroxyl groups is 1. The lowest BCUT2D eigenvalue weighted by Gasteiger charge is -2.23. The van der Waals surface area contributed by atoms with Crippen molar-refractivity contribution in [2.24, 2.45) is 0 Å². The minimum atomic E-state index is 0.0164. The van der Waals surface area contributed by atoms with Crippen LogP contribution in [0.5, 0.6) is 5.75 Å². The first kappa shape index (κ1) is 12.4. The number of aliphatic hydroxyl groups excluding tert-OH is 1. The first-order valence-electron chi connectivity index (χ1n) is 6.24. The Labute approximate surface area is 102 Å². The third kappa shape index (κ3) is 3.45. The predicted octanol–water partition coefficient (Wildman–Crippen LogP) is 2.44. The maximum atomic E-state index is 9.27. The van der Waals surface area contributed by atoms with Crippen LogP contribution in [0.15, 0.2) is 18.2 Å². The largest absolute Gasteiger partial charge is 0.491 e. The van der Waals surface area contributed by atoms with Gasteiger partial charge in [0.2, 0.25) is 0 Å². The summed E-state index contributed by atoms with van der Waals surface area (Å²) >= 11 is 0. The Morgan fingerprint density at radius 1 is 1.41 bits per heavy atom. The van der Waals surface area contributed by atoms with E-state index in [2.05, 4.69) is 0 Å². The predicted molar refractivity (Wildman–Crippen MR) is 66.2 cm³/mol. The van der Waals surface area contributed by atoms with Crippen molar-refractivity contribution in [2.45, 2.75) is 38.9 Å². The zero-order chi connectivity index (χ0) is 12.1. The number of ether oxygens (including phenoxy) is 2. The monoisotopic (exact) mass is 236 g/mol. The van der Waals surface area contributed by atoms with Crippen LogP contribution < -0.4 is 4.74 Å². The van der Waals surface area contributed by atoms with Crippen LogP contribution >= 0.6 is 0 Å². The fourth-order valence-corrected chi connectivity index (χ4v) is 2.09. The molecule has 3 heteroatoms. The van der Waals surface area contributed by atoms with Crippen LogP contribution in [0.4, 0.5) is 0 Å². The molecule has 1 aromatic carbocycles. The van der Waals surface area contributed by atoms with Gasteiger partial charge >= 0.3 is 0 Å². The van der Waals surface area contributed by atoms with E-state index in [4.69, 9.17) is 9.47 Å². The summed E-state index contributed by atoms with van der Waals surface area (Å²) < 4.78 is 11.3. The molecule has 0 saturated carbocycles. The SMILES string of the molecule is Cc1ccc(OCC2CCCCO2)c(CO)c1. The van der Waals surface area contributed by atoms with Crippen LogP contribution in [-0.4, -0.2) is 24.4 Å². The van der Waals surface area contributed by atoms with E-state index in [1.807, 2.05) is 25.1 Å². The zero-order valence-corrected chi connectivity index (χ0v) is 10.3. The number of rotatable bonds is 4. The second-order valence-corrected chi connectivity index (χ2v) is 4.57. The van der Waals surface area contributed by atoms with Crippen LogP contribution in [0.25, 0.3) is 0 Å². The molecule has 2 rings (SSSR count). The normalized spacial score (nSPS) is 20.2. The fraction of sp³-hybridized carbons (Fsp3) is 0.571. The smallest absolute Gasteiger partial charge is 0.124 e. The van der Waals surface area contributed by atoms with Gasteiger partial charge < -0.3 is 14.6 Å². The average Bonchev–Trinajstić information content (AvgIpc) is 2.38. The highest BCUT2D eigenvalue weighted by Gasteiger charge is 2.15. The van der Waals surface area contributed by atoms with E-state index in [0.717, 1.165) is 36.3 Å². The molecule has 1 atom stereocenters. The molecule has 3 nitrogen and oxygen atoms in total. The van der Waals surface area contributed by atoms with Crippen LogP contribution in [0.1, 0.15) is 30.4 Å². The molecule has 0 aliphatic carbocycles. The summed E-state index contributed by atoms with van der Waals surface area (Å²) in [7, 11) is 0. The van der Waals surface area contributed by atoms with Gasteiger partial charge in [0.15, 0.2) is 0 Å². The maximum absolute atomic E-state index is 9.27. The molecule has 0 spiro atoms. The number of aryl methyl sites for hydroxylation is 1. The summed E-state index contributed by atoms with van der Waals surface area (Å²) in [4.78, 5) is 0. The van der Waals surface area contributed by atoms with E-state index < -0.39 is 0 Å². The van der Waals surface area contributed by atoms with E-state index in [1.165, 1.54) is 6.42 Å². The van der Waals surface area contributed by atoms with Gasteiger partial charge in [0.05, 0.1) is 12.7 Å². The molecule has 94 valence electrons. The summed E-state index contributed by atoms with van der Waals surface area (Å²) in [5.41, 5.74) is 1.98. The van der Waals surface area contributed by atoms with Crippen molar-refractivity contribution >= 4 is 0 Å². The molecule has 1 heterocycles. The molecule has 0 radical (unpaired) electrons. The summed E-state index contributed by atoms with van der Waals surface area (Å²) in [6, 6.07) is 5.87. The van der Waals surface area contributed by atoms with Crippen molar-refractivity contribution in [3.05, 3.63) is 29.3 Å². The van der Waals surface area contributed by atoms with Gasteiger partial charge in [-0.3, -0.25) is 0 Å². The zero-order valence-electron chi connectivity index (χ0n) is 10.3. The molecule has 1 aliphatic rings. The highest BCUT2D eigenvalue weighted by atomic mass is 16.5. The standard InChI is InChI=1S/C14H20O3/c1-11-5-6-14(12(8-11)9-15)17-10-13-4-2-3-7-16-13/h5-6,8,13,15H,2-4,7,9-10H2,1H3. The highest BCUT2D eigenvalue weighted by Crippen LogP contribution is 2.21. The second-order valence-electron chi connectivity index (χ2n) is 4.57. The van der Waals surface area contributed by atoms with Gasteiger partial charge in [-0.05, 0) is 32.3 Å². The molecule has 1 unspecified atom stereocenters. The van der Waals surface area contributed by atoms with Crippen LogP contribution in [0.2, 0.25) is 0 Å². The Kier molecular flexibility index (Phi) is 4.40. The molecule has 1 N–H and O–H groups in total. The number of hydrogen-bond donors (Lipinski definition) is 1. The third-order valence-corrected chi connectivity index (χ3v) is 3.09. The topological polar surface area (TPSA) is 38.7 Å². The molecule has 1 aromatic rings.